The van der Waals surface area contributed by atoms with Gasteiger partial charge in [0.15, 0.2) is 0 Å². The molecule has 13 heteroatoms. The minimum atomic E-state index is -0.962. The summed E-state index contributed by atoms with van der Waals surface area (Å²) in [7, 11) is 0. The standard InChI is InChI=1S/C34H44BrF2N5O5/c1-34(2,3)32(42(31(45)22-43)14-11-28(38)33(46)40-13-16-47-15-12-39-30(44)19-35)29-17-24(26-18-25(36)9-10-27(26)37)21-41(29)20-23-7-5-4-6-8-23/h4-10,17-18,21,28,32,43H,11-16,19-20,22,38H2,1-3H3,(H,39,44)(H,40,46)/t28-,32-/m0/s1. The molecule has 0 unspecified atom stereocenters. The predicted octanol–water partition coefficient (Wildman–Crippen LogP) is 3.75. The maximum atomic E-state index is 14.9. The van der Waals surface area contributed by atoms with E-state index in [-0.39, 0.29) is 49.5 Å². The van der Waals surface area contributed by atoms with E-state index in [1.807, 2.05) is 55.7 Å². The lowest BCUT2D eigenvalue weighted by Crippen LogP contribution is -2.48. The number of aromatic nitrogens is 1. The molecule has 0 fully saturated rings. The number of ether oxygens (including phenoxy) is 1. The summed E-state index contributed by atoms with van der Waals surface area (Å²) in [6.45, 7) is 6.52. The largest absolute Gasteiger partial charge is 0.387 e. The second-order valence-corrected chi connectivity index (χ2v) is 12.7. The second-order valence-electron chi connectivity index (χ2n) is 12.2. The van der Waals surface area contributed by atoms with Crippen LogP contribution in [-0.2, 0) is 25.7 Å². The SMILES string of the molecule is CC(C)(C)[C@H](c1cc(-c2cc(F)ccc2F)cn1Cc1ccccc1)N(CC[C@H](N)C(=O)NCCOCCNC(=O)CBr)C(=O)CO. The highest BCUT2D eigenvalue weighted by Crippen LogP contribution is 2.41. The summed E-state index contributed by atoms with van der Waals surface area (Å²) in [5, 5.41) is 15.6. The molecule has 10 nitrogen and oxygen atoms in total. The van der Waals surface area contributed by atoms with Crippen LogP contribution in [0.3, 0.4) is 0 Å². The van der Waals surface area contributed by atoms with Gasteiger partial charge < -0.3 is 35.7 Å². The number of carbonyl (C=O) groups is 3. The molecule has 0 aliphatic heterocycles. The van der Waals surface area contributed by atoms with E-state index in [2.05, 4.69) is 26.6 Å². The topological polar surface area (TPSA) is 139 Å². The van der Waals surface area contributed by atoms with Crippen LogP contribution >= 0.6 is 15.9 Å². The van der Waals surface area contributed by atoms with Gasteiger partial charge in [-0.1, -0.05) is 67.0 Å². The molecule has 0 radical (unpaired) electrons. The molecular weight excluding hydrogens is 676 g/mol. The van der Waals surface area contributed by atoms with Gasteiger partial charge in [0, 0.05) is 49.2 Å². The first-order valence-electron chi connectivity index (χ1n) is 15.4. The predicted molar refractivity (Wildman–Crippen MR) is 180 cm³/mol. The molecule has 3 amide bonds. The Morgan fingerprint density at radius 2 is 1.72 bits per heavy atom. The van der Waals surface area contributed by atoms with E-state index in [1.165, 1.54) is 4.90 Å². The van der Waals surface area contributed by atoms with E-state index in [0.717, 1.165) is 23.8 Å². The Labute approximate surface area is 282 Å². The number of benzene rings is 2. The summed E-state index contributed by atoms with van der Waals surface area (Å²) in [6, 6.07) is 13.0. The number of rotatable bonds is 17. The van der Waals surface area contributed by atoms with Gasteiger partial charge in [-0.05, 0) is 41.7 Å². The van der Waals surface area contributed by atoms with Crippen molar-refractivity contribution in [3.05, 3.63) is 83.7 Å². The lowest BCUT2D eigenvalue weighted by molar-refractivity contribution is -0.140. The van der Waals surface area contributed by atoms with Gasteiger partial charge in [-0.2, -0.15) is 0 Å². The molecule has 0 saturated carbocycles. The molecule has 5 N–H and O–H groups in total. The molecule has 3 rings (SSSR count). The van der Waals surface area contributed by atoms with E-state index < -0.39 is 47.6 Å². The first kappa shape index (κ1) is 37.8. The first-order valence-corrected chi connectivity index (χ1v) is 16.5. The normalized spacial score (nSPS) is 12.8. The number of halogens is 3. The van der Waals surface area contributed by atoms with Crippen molar-refractivity contribution < 1.29 is 33.0 Å². The lowest BCUT2D eigenvalue weighted by Gasteiger charge is -2.41. The first-order chi connectivity index (χ1) is 22.3. The van der Waals surface area contributed by atoms with Gasteiger partial charge in [-0.15, -0.1) is 0 Å². The molecule has 0 spiro atoms. The van der Waals surface area contributed by atoms with Crippen LogP contribution in [0.5, 0.6) is 0 Å². The molecule has 47 heavy (non-hydrogen) atoms. The van der Waals surface area contributed by atoms with Crippen molar-refractivity contribution in [3.8, 4) is 11.1 Å². The third kappa shape index (κ3) is 11.2. The molecule has 0 saturated heterocycles. The van der Waals surface area contributed by atoms with E-state index in [0.29, 0.717) is 24.3 Å². The molecule has 2 aromatic carbocycles. The Hall–Kier alpha value is -3.65. The van der Waals surface area contributed by atoms with Crippen molar-refractivity contribution in [3.63, 3.8) is 0 Å². The van der Waals surface area contributed by atoms with E-state index >= 15 is 0 Å². The van der Waals surface area contributed by atoms with Gasteiger partial charge in [0.05, 0.1) is 30.6 Å². The van der Waals surface area contributed by atoms with Crippen molar-refractivity contribution in [1.29, 1.82) is 0 Å². The zero-order valence-electron chi connectivity index (χ0n) is 27.0. The number of aliphatic hydroxyl groups is 1. The Balaban J connectivity index is 1.83. The zero-order chi connectivity index (χ0) is 34.6. The lowest BCUT2D eigenvalue weighted by atomic mass is 9.82. The molecule has 1 aromatic heterocycles. The van der Waals surface area contributed by atoms with Gasteiger partial charge in [0.25, 0.3) is 0 Å². The van der Waals surface area contributed by atoms with Crippen molar-refractivity contribution >= 4 is 33.7 Å². The van der Waals surface area contributed by atoms with Crippen LogP contribution in [0.2, 0.25) is 0 Å². The summed E-state index contributed by atoms with van der Waals surface area (Å²) in [4.78, 5) is 38.8. The fourth-order valence-corrected chi connectivity index (χ4v) is 5.50. The maximum Gasteiger partial charge on any atom is 0.248 e. The Morgan fingerprint density at radius 1 is 1.04 bits per heavy atom. The second kappa shape index (κ2) is 18.0. The van der Waals surface area contributed by atoms with Crippen molar-refractivity contribution in [2.24, 2.45) is 11.1 Å². The smallest absolute Gasteiger partial charge is 0.248 e. The van der Waals surface area contributed by atoms with E-state index in [1.54, 1.807) is 12.3 Å². The molecule has 2 atom stereocenters. The Kier molecular flexibility index (Phi) is 14.5. The minimum Gasteiger partial charge on any atom is -0.387 e. The molecule has 0 aliphatic carbocycles. The van der Waals surface area contributed by atoms with Gasteiger partial charge in [-0.3, -0.25) is 14.4 Å². The molecule has 0 aliphatic rings. The molecular formula is C34H44BrF2N5O5. The zero-order valence-corrected chi connectivity index (χ0v) is 28.6. The fourth-order valence-electron chi connectivity index (χ4n) is 5.30. The average molecular weight is 721 g/mol. The average Bonchev–Trinajstić information content (AvgIpc) is 3.44. The number of nitrogens with two attached hydrogens (primary N) is 1. The highest BCUT2D eigenvalue weighted by Gasteiger charge is 2.37. The summed E-state index contributed by atoms with van der Waals surface area (Å²) in [6.07, 6.45) is 1.83. The van der Waals surface area contributed by atoms with Gasteiger partial charge >= 0.3 is 0 Å². The van der Waals surface area contributed by atoms with E-state index in [9.17, 15) is 28.3 Å². The highest BCUT2D eigenvalue weighted by atomic mass is 79.9. The van der Waals surface area contributed by atoms with Crippen LogP contribution in [0.1, 0.15) is 44.5 Å². The quantitative estimate of drug-likeness (QED) is 0.124. The van der Waals surface area contributed by atoms with Gasteiger partial charge in [0.2, 0.25) is 17.7 Å². The number of hydrogen-bond acceptors (Lipinski definition) is 6. The molecule has 3 aromatic rings. The number of alkyl halides is 1. The summed E-state index contributed by atoms with van der Waals surface area (Å²) in [5.41, 5.74) is 7.73. The fraction of sp³-hybridized carbons (Fsp3) is 0.441. The number of nitrogens with zero attached hydrogens (tertiary/aromatic N) is 2. The Morgan fingerprint density at radius 3 is 2.36 bits per heavy atom. The van der Waals surface area contributed by atoms with Crippen LogP contribution in [0.15, 0.2) is 60.8 Å². The number of amides is 3. The number of hydrogen-bond donors (Lipinski definition) is 4. The monoisotopic (exact) mass is 719 g/mol. The molecule has 1 heterocycles. The minimum absolute atomic E-state index is 0.0415. The molecule has 0 bridgehead atoms. The summed E-state index contributed by atoms with van der Waals surface area (Å²) in [5.74, 6) is -2.32. The van der Waals surface area contributed by atoms with Gasteiger partial charge in [-0.25, -0.2) is 8.78 Å². The third-order valence-corrected chi connectivity index (χ3v) is 8.00. The van der Waals surface area contributed by atoms with Crippen LogP contribution in [0.4, 0.5) is 8.78 Å². The number of aliphatic hydroxyl groups excluding tert-OH is 1. The third-order valence-electron chi connectivity index (χ3n) is 7.49. The summed E-state index contributed by atoms with van der Waals surface area (Å²) >= 11 is 3.06. The number of nitrogens with one attached hydrogen (secondary N) is 2. The van der Waals surface area contributed by atoms with Crippen LogP contribution in [-0.4, -0.2) is 83.1 Å². The summed E-state index contributed by atoms with van der Waals surface area (Å²) < 4.78 is 36.5. The maximum absolute atomic E-state index is 14.9. The number of carbonyl (C=O) groups excluding carboxylic acids is 3. The van der Waals surface area contributed by atoms with Crippen molar-refractivity contribution in [2.45, 2.75) is 45.8 Å². The molecule has 256 valence electrons. The Bertz CT molecular complexity index is 1480. The van der Waals surface area contributed by atoms with Gasteiger partial charge in [0.1, 0.15) is 18.2 Å². The van der Waals surface area contributed by atoms with Crippen LogP contribution < -0.4 is 16.4 Å². The van der Waals surface area contributed by atoms with Crippen LogP contribution in [0.25, 0.3) is 11.1 Å². The van der Waals surface area contributed by atoms with E-state index in [4.69, 9.17) is 10.5 Å². The highest BCUT2D eigenvalue weighted by molar-refractivity contribution is 9.09. The van der Waals surface area contributed by atoms with Crippen LogP contribution in [0, 0.1) is 17.0 Å². The van der Waals surface area contributed by atoms with Crippen molar-refractivity contribution in [1.82, 2.24) is 20.1 Å². The van der Waals surface area contributed by atoms with Crippen molar-refractivity contribution in [2.75, 3.05) is 44.8 Å².